The van der Waals surface area contributed by atoms with Crippen molar-refractivity contribution in [2.75, 3.05) is 18.0 Å². The van der Waals surface area contributed by atoms with Crippen molar-refractivity contribution >= 4 is 16.0 Å². The van der Waals surface area contributed by atoms with Gasteiger partial charge in [0.2, 0.25) is 16.0 Å². The number of rotatable bonds is 5. The van der Waals surface area contributed by atoms with Crippen molar-refractivity contribution in [1.29, 1.82) is 0 Å². The van der Waals surface area contributed by atoms with E-state index in [9.17, 15) is 8.42 Å². The molecule has 6 nitrogen and oxygen atoms in total. The Hall–Kier alpha value is -1.99. The van der Waals surface area contributed by atoms with E-state index >= 15 is 0 Å². The molecule has 0 spiro atoms. The maximum atomic E-state index is 12.8. The molecule has 2 aromatic rings. The summed E-state index contributed by atoms with van der Waals surface area (Å²) < 4.78 is 28.3. The summed E-state index contributed by atoms with van der Waals surface area (Å²) in [5.41, 5.74) is 4.10. The van der Waals surface area contributed by atoms with Crippen LogP contribution in [0.15, 0.2) is 23.1 Å². The lowest BCUT2D eigenvalue weighted by Crippen LogP contribution is -2.26. The van der Waals surface area contributed by atoms with Crippen molar-refractivity contribution in [1.82, 2.24) is 14.7 Å². The minimum absolute atomic E-state index is 0.152. The minimum Gasteiger partial charge on any atom is -0.341 e. The van der Waals surface area contributed by atoms with Crippen molar-refractivity contribution < 1.29 is 8.42 Å². The van der Waals surface area contributed by atoms with Gasteiger partial charge in [0, 0.05) is 18.8 Å². The van der Waals surface area contributed by atoms with Gasteiger partial charge in [-0.2, -0.15) is 0 Å². The Balaban J connectivity index is 1.82. The highest BCUT2D eigenvalue weighted by molar-refractivity contribution is 7.89. The second-order valence-electron chi connectivity index (χ2n) is 7.05. The van der Waals surface area contributed by atoms with Gasteiger partial charge in [-0.25, -0.2) is 23.1 Å². The van der Waals surface area contributed by atoms with Gasteiger partial charge in [-0.3, -0.25) is 0 Å². The second kappa shape index (κ2) is 7.32. The van der Waals surface area contributed by atoms with Crippen LogP contribution in [0, 0.1) is 27.7 Å². The van der Waals surface area contributed by atoms with E-state index in [0.717, 1.165) is 48.3 Å². The van der Waals surface area contributed by atoms with Crippen LogP contribution in [-0.4, -0.2) is 31.5 Å². The molecular weight excluding hydrogens is 348 g/mol. The molecule has 0 unspecified atom stereocenters. The predicted molar refractivity (Wildman–Crippen MR) is 103 cm³/mol. The zero-order chi connectivity index (χ0) is 18.9. The van der Waals surface area contributed by atoms with Gasteiger partial charge in [0.05, 0.1) is 17.1 Å². The molecule has 7 heteroatoms. The fraction of sp³-hybridized carbons (Fsp3) is 0.474. The zero-order valence-corrected chi connectivity index (χ0v) is 16.7. The first kappa shape index (κ1) is 18.8. The summed E-state index contributed by atoms with van der Waals surface area (Å²) in [5, 5.41) is 0. The van der Waals surface area contributed by atoms with Gasteiger partial charge in [0.15, 0.2) is 0 Å². The molecule has 0 aliphatic carbocycles. The van der Waals surface area contributed by atoms with Crippen LogP contribution in [0.3, 0.4) is 0 Å². The van der Waals surface area contributed by atoms with Crippen molar-refractivity contribution in [2.45, 2.75) is 52.0 Å². The van der Waals surface area contributed by atoms with E-state index in [1.54, 1.807) is 0 Å². The van der Waals surface area contributed by atoms with Gasteiger partial charge in [0.25, 0.3) is 0 Å². The van der Waals surface area contributed by atoms with Crippen LogP contribution in [0.1, 0.15) is 40.9 Å². The van der Waals surface area contributed by atoms with Crippen LogP contribution in [-0.2, 0) is 16.6 Å². The molecule has 0 atom stereocenters. The molecule has 1 saturated heterocycles. The van der Waals surface area contributed by atoms with E-state index in [4.69, 9.17) is 0 Å². The highest BCUT2D eigenvalue weighted by Crippen LogP contribution is 2.22. The standard InChI is InChI=1S/C19H26N4O2S/c1-13-9-14(2)18(15(3)10-13)26(24,25)20-12-17-11-16(4)21-19(22-17)23-7-5-6-8-23/h9-11,20H,5-8,12H2,1-4H3. The largest absolute Gasteiger partial charge is 0.341 e. The number of nitrogens with one attached hydrogen (secondary N) is 1. The summed E-state index contributed by atoms with van der Waals surface area (Å²) in [6, 6.07) is 5.61. The van der Waals surface area contributed by atoms with Crippen LogP contribution in [0.2, 0.25) is 0 Å². The summed E-state index contributed by atoms with van der Waals surface area (Å²) in [6.07, 6.45) is 2.29. The third-order valence-corrected chi connectivity index (χ3v) is 6.31. The van der Waals surface area contributed by atoms with Gasteiger partial charge < -0.3 is 4.90 Å². The van der Waals surface area contributed by atoms with E-state index in [2.05, 4.69) is 19.6 Å². The number of anilines is 1. The van der Waals surface area contributed by atoms with E-state index in [0.29, 0.717) is 16.5 Å². The molecule has 1 aromatic heterocycles. The van der Waals surface area contributed by atoms with Crippen molar-refractivity contribution in [3.05, 3.63) is 46.3 Å². The number of hydrogen-bond donors (Lipinski definition) is 1. The molecule has 1 aliphatic heterocycles. The second-order valence-corrected chi connectivity index (χ2v) is 8.75. The third-order valence-electron chi connectivity index (χ3n) is 4.60. The topological polar surface area (TPSA) is 75.2 Å². The van der Waals surface area contributed by atoms with Crippen LogP contribution >= 0.6 is 0 Å². The molecule has 1 aliphatic rings. The summed E-state index contributed by atoms with van der Waals surface area (Å²) >= 11 is 0. The molecule has 0 amide bonds. The first-order valence-electron chi connectivity index (χ1n) is 8.93. The molecule has 3 rings (SSSR count). The Morgan fingerprint density at radius 3 is 2.23 bits per heavy atom. The van der Waals surface area contributed by atoms with Gasteiger partial charge in [0.1, 0.15) is 0 Å². The lowest BCUT2D eigenvalue weighted by molar-refractivity contribution is 0.579. The van der Waals surface area contributed by atoms with E-state index in [1.165, 1.54) is 0 Å². The smallest absolute Gasteiger partial charge is 0.241 e. The molecule has 26 heavy (non-hydrogen) atoms. The number of aromatic nitrogens is 2. The third kappa shape index (κ3) is 4.04. The van der Waals surface area contributed by atoms with Crippen molar-refractivity contribution in [2.24, 2.45) is 0 Å². The van der Waals surface area contributed by atoms with Crippen LogP contribution in [0.4, 0.5) is 5.95 Å². The van der Waals surface area contributed by atoms with Crippen LogP contribution in [0.25, 0.3) is 0 Å². The molecular formula is C19H26N4O2S. The molecule has 0 radical (unpaired) electrons. The maximum absolute atomic E-state index is 12.8. The summed E-state index contributed by atoms with van der Waals surface area (Å²) in [5.74, 6) is 0.694. The van der Waals surface area contributed by atoms with E-state index < -0.39 is 10.0 Å². The molecule has 1 N–H and O–H groups in total. The molecule has 1 aromatic carbocycles. The number of benzene rings is 1. The number of sulfonamides is 1. The number of nitrogens with zero attached hydrogens (tertiary/aromatic N) is 3. The van der Waals surface area contributed by atoms with Gasteiger partial charge in [-0.15, -0.1) is 0 Å². The quantitative estimate of drug-likeness (QED) is 0.871. The van der Waals surface area contributed by atoms with E-state index in [-0.39, 0.29) is 6.54 Å². The highest BCUT2D eigenvalue weighted by atomic mass is 32.2. The normalized spacial score (nSPS) is 14.8. The fourth-order valence-corrected chi connectivity index (χ4v) is 5.05. The summed E-state index contributed by atoms with van der Waals surface area (Å²) in [6.45, 7) is 9.59. The Morgan fingerprint density at radius 2 is 1.62 bits per heavy atom. The van der Waals surface area contributed by atoms with Crippen molar-refractivity contribution in [3.8, 4) is 0 Å². The van der Waals surface area contributed by atoms with Gasteiger partial charge >= 0.3 is 0 Å². The van der Waals surface area contributed by atoms with Gasteiger partial charge in [-0.1, -0.05) is 17.7 Å². The number of hydrogen-bond acceptors (Lipinski definition) is 5. The molecule has 2 heterocycles. The average Bonchev–Trinajstić information content (AvgIpc) is 3.05. The zero-order valence-electron chi connectivity index (χ0n) is 15.8. The minimum atomic E-state index is -3.61. The molecule has 1 fully saturated rings. The van der Waals surface area contributed by atoms with Crippen LogP contribution in [0.5, 0.6) is 0 Å². The predicted octanol–water partition coefficient (Wildman–Crippen LogP) is 2.79. The van der Waals surface area contributed by atoms with Crippen LogP contribution < -0.4 is 9.62 Å². The number of aryl methyl sites for hydroxylation is 4. The lowest BCUT2D eigenvalue weighted by atomic mass is 10.1. The molecule has 140 valence electrons. The Kier molecular flexibility index (Phi) is 5.29. The Bertz CT molecular complexity index is 896. The summed E-state index contributed by atoms with van der Waals surface area (Å²) in [7, 11) is -3.61. The van der Waals surface area contributed by atoms with Gasteiger partial charge in [-0.05, 0) is 57.7 Å². The van der Waals surface area contributed by atoms with E-state index in [1.807, 2.05) is 45.9 Å². The fourth-order valence-electron chi connectivity index (χ4n) is 3.60. The average molecular weight is 375 g/mol. The lowest BCUT2D eigenvalue weighted by Gasteiger charge is -2.17. The maximum Gasteiger partial charge on any atom is 0.241 e. The highest BCUT2D eigenvalue weighted by Gasteiger charge is 2.21. The SMILES string of the molecule is Cc1cc(C)c(S(=O)(=O)NCc2cc(C)nc(N3CCCC3)n2)c(C)c1. The first-order chi connectivity index (χ1) is 12.3. The Labute approximate surface area is 155 Å². The monoisotopic (exact) mass is 374 g/mol. The first-order valence-corrected chi connectivity index (χ1v) is 10.4. The molecule has 0 saturated carbocycles. The Morgan fingerprint density at radius 1 is 1.00 bits per heavy atom. The molecule has 0 bridgehead atoms. The summed E-state index contributed by atoms with van der Waals surface area (Å²) in [4.78, 5) is 11.6. The van der Waals surface area contributed by atoms with Crippen molar-refractivity contribution in [3.63, 3.8) is 0 Å².